The molecule has 1 aromatic heterocycles. The summed E-state index contributed by atoms with van der Waals surface area (Å²) >= 11 is 0. The van der Waals surface area contributed by atoms with Crippen molar-refractivity contribution in [1.29, 1.82) is 0 Å². The van der Waals surface area contributed by atoms with Crippen molar-refractivity contribution in [1.82, 2.24) is 20.0 Å². The monoisotopic (exact) mass is 377 g/mol. The average Bonchev–Trinajstić information content (AvgIpc) is 3.18. The highest BCUT2D eigenvalue weighted by Gasteiger charge is 2.27. The van der Waals surface area contributed by atoms with Crippen molar-refractivity contribution in [3.8, 4) is 0 Å². The minimum absolute atomic E-state index is 0.0219. The van der Waals surface area contributed by atoms with Crippen LogP contribution in [0.5, 0.6) is 0 Å². The number of nitrogens with zero attached hydrogens (tertiary/aromatic N) is 3. The van der Waals surface area contributed by atoms with Crippen LogP contribution in [0.2, 0.25) is 0 Å². The molecule has 0 radical (unpaired) electrons. The van der Waals surface area contributed by atoms with Crippen molar-refractivity contribution in [3.05, 3.63) is 65.9 Å². The molecule has 0 aliphatic carbocycles. The third kappa shape index (κ3) is 3.61. The van der Waals surface area contributed by atoms with Crippen LogP contribution in [0.3, 0.4) is 0 Å². The standard InChI is InChI=1S/C21H23N5O2/c22-17(15-6-2-1-3-7-15)14-19(27)25-10-12-26(13-11-25)21(28)20-16-8-4-5-9-18(16)23-24-20/h1-9,17H,10-14,22H2,(H,23,24). The molecule has 7 nitrogen and oxygen atoms in total. The van der Waals surface area contributed by atoms with Crippen molar-refractivity contribution < 1.29 is 9.59 Å². The minimum Gasteiger partial charge on any atom is -0.339 e. The topological polar surface area (TPSA) is 95.3 Å². The minimum atomic E-state index is -0.316. The largest absolute Gasteiger partial charge is 0.339 e. The Morgan fingerprint density at radius 1 is 0.964 bits per heavy atom. The maximum absolute atomic E-state index is 12.8. The van der Waals surface area contributed by atoms with E-state index in [9.17, 15) is 9.59 Å². The first kappa shape index (κ1) is 18.2. The molecule has 0 saturated carbocycles. The highest BCUT2D eigenvalue weighted by molar-refractivity contribution is 6.04. The Balaban J connectivity index is 1.35. The van der Waals surface area contributed by atoms with Crippen molar-refractivity contribution >= 4 is 22.7 Å². The third-order valence-electron chi connectivity index (χ3n) is 5.21. The third-order valence-corrected chi connectivity index (χ3v) is 5.21. The number of fused-ring (bicyclic) bond motifs is 1. The number of piperazine rings is 1. The van der Waals surface area contributed by atoms with Gasteiger partial charge in [0.25, 0.3) is 5.91 Å². The lowest BCUT2D eigenvalue weighted by atomic mass is 10.0. The van der Waals surface area contributed by atoms with Crippen molar-refractivity contribution in [2.45, 2.75) is 12.5 Å². The van der Waals surface area contributed by atoms with E-state index in [0.29, 0.717) is 31.9 Å². The van der Waals surface area contributed by atoms with Crippen molar-refractivity contribution in [2.75, 3.05) is 26.2 Å². The van der Waals surface area contributed by atoms with Crippen LogP contribution >= 0.6 is 0 Å². The Bertz CT molecular complexity index is 977. The average molecular weight is 377 g/mol. The number of hydrogen-bond donors (Lipinski definition) is 2. The molecule has 28 heavy (non-hydrogen) atoms. The summed E-state index contributed by atoms with van der Waals surface area (Å²) in [6, 6.07) is 16.9. The predicted molar refractivity (Wildman–Crippen MR) is 107 cm³/mol. The van der Waals surface area contributed by atoms with Crippen LogP contribution in [0, 0.1) is 0 Å². The summed E-state index contributed by atoms with van der Waals surface area (Å²) in [5, 5.41) is 7.90. The molecule has 0 spiro atoms. The maximum atomic E-state index is 12.8. The van der Waals surface area contributed by atoms with Gasteiger partial charge in [0.05, 0.1) is 5.52 Å². The summed E-state index contributed by atoms with van der Waals surface area (Å²) in [6.07, 6.45) is 0.266. The quantitative estimate of drug-likeness (QED) is 0.726. The molecular weight excluding hydrogens is 354 g/mol. The maximum Gasteiger partial charge on any atom is 0.275 e. The lowest BCUT2D eigenvalue weighted by molar-refractivity contribution is -0.133. The van der Waals surface area contributed by atoms with E-state index < -0.39 is 0 Å². The van der Waals surface area contributed by atoms with Gasteiger partial charge in [-0.15, -0.1) is 0 Å². The molecule has 1 aliphatic heterocycles. The predicted octanol–water partition coefficient (Wildman–Crippen LogP) is 1.94. The van der Waals surface area contributed by atoms with Gasteiger partial charge in [-0.25, -0.2) is 0 Å². The summed E-state index contributed by atoms with van der Waals surface area (Å²) in [6.45, 7) is 2.00. The zero-order valence-corrected chi connectivity index (χ0v) is 15.5. The fraction of sp³-hybridized carbons (Fsp3) is 0.286. The molecule has 1 aliphatic rings. The summed E-state index contributed by atoms with van der Waals surface area (Å²) in [4.78, 5) is 29.0. The fourth-order valence-corrected chi connectivity index (χ4v) is 3.57. The van der Waals surface area contributed by atoms with Gasteiger partial charge in [-0.05, 0) is 11.6 Å². The van der Waals surface area contributed by atoms with Gasteiger partial charge in [-0.1, -0.05) is 48.5 Å². The molecule has 7 heteroatoms. The molecule has 1 saturated heterocycles. The van der Waals surface area contributed by atoms with Crippen LogP contribution in [-0.4, -0.2) is 58.0 Å². The number of para-hydroxylation sites is 1. The highest BCUT2D eigenvalue weighted by Crippen LogP contribution is 2.19. The van der Waals surface area contributed by atoms with E-state index in [4.69, 9.17) is 5.73 Å². The molecular formula is C21H23N5O2. The number of nitrogens with one attached hydrogen (secondary N) is 1. The lowest BCUT2D eigenvalue weighted by Gasteiger charge is -2.35. The van der Waals surface area contributed by atoms with E-state index in [-0.39, 0.29) is 24.3 Å². The molecule has 3 N–H and O–H groups in total. The highest BCUT2D eigenvalue weighted by atomic mass is 16.2. The summed E-state index contributed by atoms with van der Waals surface area (Å²) in [7, 11) is 0. The summed E-state index contributed by atoms with van der Waals surface area (Å²) < 4.78 is 0. The zero-order chi connectivity index (χ0) is 19.5. The van der Waals surface area contributed by atoms with E-state index >= 15 is 0 Å². The number of benzene rings is 2. The number of nitrogens with two attached hydrogens (primary N) is 1. The van der Waals surface area contributed by atoms with E-state index in [0.717, 1.165) is 16.5 Å². The number of aromatic nitrogens is 2. The Hall–Kier alpha value is -3.19. The first-order valence-electron chi connectivity index (χ1n) is 9.44. The van der Waals surface area contributed by atoms with Crippen LogP contribution in [0.4, 0.5) is 0 Å². The van der Waals surface area contributed by atoms with Crippen molar-refractivity contribution in [3.63, 3.8) is 0 Å². The Morgan fingerprint density at radius 3 is 2.36 bits per heavy atom. The number of rotatable bonds is 4. The Kier molecular flexibility index (Phi) is 5.08. The number of hydrogen-bond acceptors (Lipinski definition) is 4. The number of H-pyrrole nitrogens is 1. The molecule has 1 fully saturated rings. The first-order chi connectivity index (χ1) is 13.6. The fourth-order valence-electron chi connectivity index (χ4n) is 3.57. The van der Waals surface area contributed by atoms with Crippen LogP contribution in [0.15, 0.2) is 54.6 Å². The van der Waals surface area contributed by atoms with Crippen molar-refractivity contribution in [2.24, 2.45) is 5.73 Å². The van der Waals surface area contributed by atoms with Gasteiger partial charge < -0.3 is 15.5 Å². The molecule has 3 aromatic rings. The van der Waals surface area contributed by atoms with E-state index in [1.807, 2.05) is 54.6 Å². The number of aromatic amines is 1. The van der Waals surface area contributed by atoms with Gasteiger partial charge in [0.15, 0.2) is 5.69 Å². The SMILES string of the molecule is NC(CC(=O)N1CCN(C(=O)c2n[nH]c3ccccc23)CC1)c1ccccc1. The summed E-state index contributed by atoms with van der Waals surface area (Å²) in [5.41, 5.74) is 8.40. The van der Waals surface area contributed by atoms with Gasteiger partial charge in [-0.3, -0.25) is 14.7 Å². The van der Waals surface area contributed by atoms with Gasteiger partial charge >= 0.3 is 0 Å². The molecule has 0 bridgehead atoms. The van der Waals surface area contributed by atoms with Crippen LogP contribution in [0.25, 0.3) is 10.9 Å². The van der Waals surface area contributed by atoms with Gasteiger partial charge in [-0.2, -0.15) is 5.10 Å². The second-order valence-corrected chi connectivity index (χ2v) is 7.01. The smallest absolute Gasteiger partial charge is 0.275 e. The van der Waals surface area contributed by atoms with Gasteiger partial charge in [0.2, 0.25) is 5.91 Å². The number of amides is 2. The molecule has 2 amide bonds. The van der Waals surface area contributed by atoms with E-state index in [1.165, 1.54) is 0 Å². The molecule has 1 atom stereocenters. The Labute approximate surface area is 163 Å². The van der Waals surface area contributed by atoms with Crippen LogP contribution < -0.4 is 5.73 Å². The van der Waals surface area contributed by atoms with Crippen LogP contribution in [0.1, 0.15) is 28.5 Å². The summed E-state index contributed by atoms with van der Waals surface area (Å²) in [5.74, 6) is -0.0841. The molecule has 2 aromatic carbocycles. The normalized spacial score (nSPS) is 15.6. The zero-order valence-electron chi connectivity index (χ0n) is 15.5. The van der Waals surface area contributed by atoms with Gasteiger partial charge in [0.1, 0.15) is 0 Å². The number of carbonyl (C=O) groups is 2. The molecule has 2 heterocycles. The van der Waals surface area contributed by atoms with E-state index in [2.05, 4.69) is 10.2 Å². The second-order valence-electron chi connectivity index (χ2n) is 7.01. The Morgan fingerprint density at radius 2 is 1.61 bits per heavy atom. The number of carbonyl (C=O) groups excluding carboxylic acids is 2. The van der Waals surface area contributed by atoms with Gasteiger partial charge in [0, 0.05) is 44.0 Å². The van der Waals surface area contributed by atoms with E-state index in [1.54, 1.807) is 9.80 Å². The molecule has 1 unspecified atom stereocenters. The molecule has 144 valence electrons. The lowest BCUT2D eigenvalue weighted by Crippen LogP contribution is -2.51. The molecule has 4 rings (SSSR count). The van der Waals surface area contributed by atoms with Crippen LogP contribution in [-0.2, 0) is 4.79 Å². The second kappa shape index (κ2) is 7.82. The first-order valence-corrected chi connectivity index (χ1v) is 9.44.